The molecule has 0 saturated carbocycles. The zero-order valence-corrected chi connectivity index (χ0v) is 8.34. The fourth-order valence-corrected chi connectivity index (χ4v) is 0.696. The molecule has 0 unspecified atom stereocenters. The minimum Gasteiger partial charge on any atom is -0.432 e. The van der Waals surface area contributed by atoms with Gasteiger partial charge >= 0.3 is 6.01 Å². The molecule has 0 radical (unpaired) electrons. The van der Waals surface area contributed by atoms with E-state index in [1.807, 2.05) is 20.8 Å². The zero-order chi connectivity index (χ0) is 10.1. The van der Waals surface area contributed by atoms with Crippen molar-refractivity contribution in [1.29, 1.82) is 0 Å². The number of anilines is 1. The monoisotopic (exact) mass is 182 g/mol. The predicted octanol–water partition coefficient (Wildman–Crippen LogP) is 1.97. The van der Waals surface area contributed by atoms with Crippen LogP contribution < -0.4 is 5.32 Å². The van der Waals surface area contributed by atoms with Gasteiger partial charge in [-0.15, -0.1) is 0 Å². The van der Waals surface area contributed by atoms with Crippen molar-refractivity contribution in [1.82, 2.24) is 4.98 Å². The molecule has 1 N–H and O–H groups in total. The Morgan fingerprint density at radius 2 is 2.15 bits per heavy atom. The molecular weight excluding hydrogens is 168 g/mol. The van der Waals surface area contributed by atoms with Crippen molar-refractivity contribution in [3.63, 3.8) is 0 Å². The molecule has 0 bridgehead atoms. The number of hydrogen-bond acceptors (Lipinski definition) is 3. The minimum absolute atomic E-state index is 0.102. The van der Waals surface area contributed by atoms with Crippen LogP contribution >= 0.6 is 0 Å². The normalized spacial score (nSPS) is 11.4. The van der Waals surface area contributed by atoms with Gasteiger partial charge in [-0.2, -0.15) is 4.98 Å². The number of hydrogen-bond donors (Lipinski definition) is 1. The SMILES string of the molecule is Cc1coc(NC(=O)C(C)(C)C)n1. The number of aryl methyl sites for hydroxylation is 1. The number of aromatic nitrogens is 1. The largest absolute Gasteiger partial charge is 0.432 e. The summed E-state index contributed by atoms with van der Waals surface area (Å²) in [6.07, 6.45) is 1.50. The predicted molar refractivity (Wildman–Crippen MR) is 49.3 cm³/mol. The van der Waals surface area contributed by atoms with Crippen molar-refractivity contribution in [2.75, 3.05) is 5.32 Å². The number of carbonyl (C=O) groups excluding carboxylic acids is 1. The van der Waals surface area contributed by atoms with Gasteiger partial charge in [0.05, 0.1) is 5.69 Å². The maximum Gasteiger partial charge on any atom is 0.301 e. The van der Waals surface area contributed by atoms with Crippen LogP contribution in [-0.2, 0) is 4.79 Å². The lowest BCUT2D eigenvalue weighted by atomic mass is 9.96. The molecule has 4 heteroatoms. The van der Waals surface area contributed by atoms with Crippen molar-refractivity contribution in [2.24, 2.45) is 5.41 Å². The third-order valence-electron chi connectivity index (χ3n) is 1.52. The molecule has 1 amide bonds. The first-order valence-electron chi connectivity index (χ1n) is 4.13. The van der Waals surface area contributed by atoms with Crippen LogP contribution in [0.1, 0.15) is 26.5 Å². The Bertz CT molecular complexity index is 310. The highest BCUT2D eigenvalue weighted by Crippen LogP contribution is 2.16. The van der Waals surface area contributed by atoms with Crippen LogP contribution in [0, 0.1) is 12.3 Å². The molecule has 0 aliphatic heterocycles. The lowest BCUT2D eigenvalue weighted by Gasteiger charge is -2.15. The second-order valence-electron chi connectivity index (χ2n) is 4.00. The Balaban J connectivity index is 2.65. The van der Waals surface area contributed by atoms with Crippen LogP contribution in [0.2, 0.25) is 0 Å². The van der Waals surface area contributed by atoms with Crippen LogP contribution in [0.25, 0.3) is 0 Å². The molecule has 4 nitrogen and oxygen atoms in total. The molecule has 0 aromatic carbocycles. The third-order valence-corrected chi connectivity index (χ3v) is 1.52. The molecule has 0 saturated heterocycles. The molecule has 72 valence electrons. The number of amides is 1. The lowest BCUT2D eigenvalue weighted by Crippen LogP contribution is -2.27. The average Bonchev–Trinajstić information content (AvgIpc) is 2.33. The number of rotatable bonds is 1. The fourth-order valence-electron chi connectivity index (χ4n) is 0.696. The third kappa shape index (κ3) is 2.57. The summed E-state index contributed by atoms with van der Waals surface area (Å²) in [6.45, 7) is 7.30. The van der Waals surface area contributed by atoms with E-state index in [2.05, 4.69) is 10.3 Å². The van der Waals surface area contributed by atoms with E-state index in [4.69, 9.17) is 4.42 Å². The molecule has 0 spiro atoms. The molecule has 1 aromatic heterocycles. The summed E-state index contributed by atoms with van der Waals surface area (Å²) in [6, 6.07) is 0.262. The van der Waals surface area contributed by atoms with E-state index in [1.165, 1.54) is 6.26 Å². The van der Waals surface area contributed by atoms with Crippen molar-refractivity contribution in [3.05, 3.63) is 12.0 Å². The van der Waals surface area contributed by atoms with Gasteiger partial charge in [-0.05, 0) is 6.92 Å². The second-order valence-corrected chi connectivity index (χ2v) is 4.00. The van der Waals surface area contributed by atoms with E-state index >= 15 is 0 Å². The van der Waals surface area contributed by atoms with E-state index in [0.29, 0.717) is 0 Å². The maximum atomic E-state index is 11.4. The lowest BCUT2D eigenvalue weighted by molar-refractivity contribution is -0.123. The smallest absolute Gasteiger partial charge is 0.301 e. The van der Waals surface area contributed by atoms with Gasteiger partial charge in [-0.25, -0.2) is 0 Å². The first-order chi connectivity index (χ1) is 5.89. The highest BCUT2D eigenvalue weighted by atomic mass is 16.4. The van der Waals surface area contributed by atoms with Crippen LogP contribution in [0.4, 0.5) is 6.01 Å². The molecule has 0 fully saturated rings. The maximum absolute atomic E-state index is 11.4. The van der Waals surface area contributed by atoms with E-state index < -0.39 is 5.41 Å². The topological polar surface area (TPSA) is 55.1 Å². The van der Waals surface area contributed by atoms with E-state index in [-0.39, 0.29) is 11.9 Å². The molecule has 1 aromatic rings. The van der Waals surface area contributed by atoms with Gasteiger partial charge in [-0.3, -0.25) is 10.1 Å². The number of nitrogens with one attached hydrogen (secondary N) is 1. The Labute approximate surface area is 77.3 Å². The van der Waals surface area contributed by atoms with E-state index in [1.54, 1.807) is 6.92 Å². The summed E-state index contributed by atoms with van der Waals surface area (Å²) in [5.41, 5.74) is 0.326. The Morgan fingerprint density at radius 3 is 2.54 bits per heavy atom. The van der Waals surface area contributed by atoms with E-state index in [9.17, 15) is 4.79 Å². The number of carbonyl (C=O) groups is 1. The quantitative estimate of drug-likeness (QED) is 0.722. The molecule has 1 rings (SSSR count). The van der Waals surface area contributed by atoms with Crippen molar-refractivity contribution < 1.29 is 9.21 Å². The Hall–Kier alpha value is -1.32. The first kappa shape index (κ1) is 9.77. The zero-order valence-electron chi connectivity index (χ0n) is 8.34. The van der Waals surface area contributed by atoms with Crippen molar-refractivity contribution in [2.45, 2.75) is 27.7 Å². The van der Waals surface area contributed by atoms with Crippen molar-refractivity contribution in [3.8, 4) is 0 Å². The van der Waals surface area contributed by atoms with Gasteiger partial charge in [0.25, 0.3) is 0 Å². The Kier molecular flexibility index (Phi) is 2.40. The van der Waals surface area contributed by atoms with Crippen LogP contribution in [0.3, 0.4) is 0 Å². The van der Waals surface area contributed by atoms with E-state index in [0.717, 1.165) is 5.69 Å². The molecule has 0 aliphatic carbocycles. The minimum atomic E-state index is -0.428. The molecule has 1 heterocycles. The summed E-state index contributed by atoms with van der Waals surface area (Å²) >= 11 is 0. The summed E-state index contributed by atoms with van der Waals surface area (Å²) < 4.78 is 4.99. The van der Waals surface area contributed by atoms with Crippen LogP contribution in [0.15, 0.2) is 10.7 Å². The highest BCUT2D eigenvalue weighted by Gasteiger charge is 2.22. The van der Waals surface area contributed by atoms with Crippen LogP contribution in [0.5, 0.6) is 0 Å². The summed E-state index contributed by atoms with van der Waals surface area (Å²) in [5, 5.41) is 2.59. The second kappa shape index (κ2) is 3.20. The van der Waals surface area contributed by atoms with Crippen LogP contribution in [-0.4, -0.2) is 10.9 Å². The van der Waals surface area contributed by atoms with Gasteiger partial charge in [-0.1, -0.05) is 20.8 Å². The molecule has 0 atom stereocenters. The fraction of sp³-hybridized carbons (Fsp3) is 0.556. The summed E-state index contributed by atoms with van der Waals surface area (Å²) in [4.78, 5) is 15.4. The number of oxazole rings is 1. The summed E-state index contributed by atoms with van der Waals surface area (Å²) in [7, 11) is 0. The average molecular weight is 182 g/mol. The molecular formula is C9H14N2O2. The van der Waals surface area contributed by atoms with Gasteiger partial charge < -0.3 is 4.42 Å². The van der Waals surface area contributed by atoms with Gasteiger partial charge in [0.15, 0.2) is 0 Å². The summed E-state index contributed by atoms with van der Waals surface area (Å²) in [5.74, 6) is -0.102. The molecule has 0 aliphatic rings. The van der Waals surface area contributed by atoms with Gasteiger partial charge in [0, 0.05) is 5.41 Å². The highest BCUT2D eigenvalue weighted by molar-refractivity contribution is 5.92. The standard InChI is InChI=1S/C9H14N2O2/c1-6-5-13-8(10-6)11-7(12)9(2,3)4/h5H,1-4H3,(H,10,11,12). The first-order valence-corrected chi connectivity index (χ1v) is 4.13. The Morgan fingerprint density at radius 1 is 1.54 bits per heavy atom. The number of nitrogens with zero attached hydrogens (tertiary/aromatic N) is 1. The van der Waals surface area contributed by atoms with Crippen molar-refractivity contribution >= 4 is 11.9 Å². The van der Waals surface area contributed by atoms with Gasteiger partial charge in [0.1, 0.15) is 6.26 Å². The van der Waals surface area contributed by atoms with Gasteiger partial charge in [0.2, 0.25) is 5.91 Å². The molecule has 13 heavy (non-hydrogen) atoms.